The predicted octanol–water partition coefficient (Wildman–Crippen LogP) is 2.92. The van der Waals surface area contributed by atoms with Gasteiger partial charge in [-0.15, -0.1) is 0 Å². The zero-order chi connectivity index (χ0) is 21.0. The van der Waals surface area contributed by atoms with Gasteiger partial charge in [-0.2, -0.15) is 0 Å². The Hall–Kier alpha value is -2.63. The molecule has 0 aromatic heterocycles. The Morgan fingerprint density at radius 1 is 1.07 bits per heavy atom. The number of carbonyl (C=O) groups excluding carboxylic acids is 3. The van der Waals surface area contributed by atoms with E-state index in [4.69, 9.17) is 0 Å². The highest BCUT2D eigenvalue weighted by Crippen LogP contribution is 2.30. The van der Waals surface area contributed by atoms with E-state index < -0.39 is 6.04 Å². The molecule has 3 amide bonds. The maximum Gasteiger partial charge on any atom is 0.252 e. The lowest BCUT2D eigenvalue weighted by atomic mass is 9.94. The third-order valence-electron chi connectivity index (χ3n) is 5.82. The SMILES string of the molecule is C=CC(=O)N1CCCc2c(C(=O)NC(C(=O)N3CCCCC3)C(C)C)cccc21. The number of amides is 3. The minimum atomic E-state index is -0.550. The van der Waals surface area contributed by atoms with Crippen molar-refractivity contribution in [3.05, 3.63) is 42.0 Å². The molecule has 0 radical (unpaired) electrons. The summed E-state index contributed by atoms with van der Waals surface area (Å²) < 4.78 is 0. The van der Waals surface area contributed by atoms with Crippen LogP contribution in [0.2, 0.25) is 0 Å². The summed E-state index contributed by atoms with van der Waals surface area (Å²) in [6, 6.07) is 4.88. The van der Waals surface area contributed by atoms with Gasteiger partial charge in [-0.3, -0.25) is 14.4 Å². The van der Waals surface area contributed by atoms with Gasteiger partial charge in [0.15, 0.2) is 0 Å². The molecular weight excluding hydrogens is 366 g/mol. The van der Waals surface area contributed by atoms with Crippen LogP contribution in [0.5, 0.6) is 0 Å². The van der Waals surface area contributed by atoms with Crippen LogP contribution in [0, 0.1) is 5.92 Å². The molecule has 1 saturated heterocycles. The van der Waals surface area contributed by atoms with Gasteiger partial charge in [0.25, 0.3) is 5.91 Å². The highest BCUT2D eigenvalue weighted by Gasteiger charge is 2.31. The summed E-state index contributed by atoms with van der Waals surface area (Å²) >= 11 is 0. The number of nitrogens with one attached hydrogen (secondary N) is 1. The Kier molecular flexibility index (Phi) is 6.72. The second-order valence-electron chi connectivity index (χ2n) is 8.18. The summed E-state index contributed by atoms with van der Waals surface area (Å²) in [7, 11) is 0. The summed E-state index contributed by atoms with van der Waals surface area (Å²) in [4.78, 5) is 41.9. The minimum Gasteiger partial charge on any atom is -0.341 e. The van der Waals surface area contributed by atoms with E-state index in [1.54, 1.807) is 17.0 Å². The Morgan fingerprint density at radius 2 is 1.79 bits per heavy atom. The van der Waals surface area contributed by atoms with Crippen LogP contribution in [0.1, 0.15) is 55.5 Å². The van der Waals surface area contributed by atoms with Crippen LogP contribution in [0.25, 0.3) is 0 Å². The van der Waals surface area contributed by atoms with Crippen LogP contribution < -0.4 is 10.2 Å². The van der Waals surface area contributed by atoms with Crippen molar-refractivity contribution in [1.82, 2.24) is 10.2 Å². The second-order valence-corrected chi connectivity index (χ2v) is 8.18. The summed E-state index contributed by atoms with van der Waals surface area (Å²) in [5.74, 6) is -0.421. The molecule has 6 nitrogen and oxygen atoms in total. The van der Waals surface area contributed by atoms with Crippen molar-refractivity contribution in [2.75, 3.05) is 24.5 Å². The molecule has 1 fully saturated rings. The number of piperidine rings is 1. The number of fused-ring (bicyclic) bond motifs is 1. The van der Waals surface area contributed by atoms with Crippen LogP contribution >= 0.6 is 0 Å². The van der Waals surface area contributed by atoms with Crippen molar-refractivity contribution < 1.29 is 14.4 Å². The fourth-order valence-corrected chi connectivity index (χ4v) is 4.22. The molecule has 0 saturated carbocycles. The van der Waals surface area contributed by atoms with E-state index in [2.05, 4.69) is 11.9 Å². The summed E-state index contributed by atoms with van der Waals surface area (Å²) in [5, 5.41) is 2.98. The molecular formula is C23H31N3O3. The van der Waals surface area contributed by atoms with Crippen LogP contribution in [-0.4, -0.2) is 48.3 Å². The highest BCUT2D eigenvalue weighted by molar-refractivity contribution is 6.05. The summed E-state index contributed by atoms with van der Waals surface area (Å²) in [6.07, 6.45) is 6.00. The molecule has 1 aromatic rings. The van der Waals surface area contributed by atoms with Crippen LogP contribution in [-0.2, 0) is 16.0 Å². The topological polar surface area (TPSA) is 69.7 Å². The monoisotopic (exact) mass is 397 g/mol. The molecule has 1 unspecified atom stereocenters. The molecule has 1 N–H and O–H groups in total. The predicted molar refractivity (Wildman–Crippen MR) is 114 cm³/mol. The summed E-state index contributed by atoms with van der Waals surface area (Å²) in [5.41, 5.74) is 2.16. The molecule has 1 aromatic carbocycles. The highest BCUT2D eigenvalue weighted by atomic mass is 16.2. The molecule has 156 valence electrons. The maximum atomic E-state index is 13.2. The zero-order valence-electron chi connectivity index (χ0n) is 17.4. The molecule has 6 heteroatoms. The van der Waals surface area contributed by atoms with Crippen molar-refractivity contribution in [3.8, 4) is 0 Å². The standard InChI is InChI=1S/C23H31N3O3/c1-4-20(27)26-15-9-11-17-18(10-8-12-19(17)26)22(28)24-21(16(2)3)23(29)25-13-6-5-7-14-25/h4,8,10,12,16,21H,1,5-7,9,11,13-15H2,2-3H3,(H,24,28). The van der Waals surface area contributed by atoms with Gasteiger partial charge >= 0.3 is 0 Å². The van der Waals surface area contributed by atoms with E-state index >= 15 is 0 Å². The van der Waals surface area contributed by atoms with Gasteiger partial charge in [0.2, 0.25) is 11.8 Å². The fraction of sp³-hybridized carbons (Fsp3) is 0.522. The van der Waals surface area contributed by atoms with Crippen molar-refractivity contribution in [2.24, 2.45) is 5.92 Å². The average Bonchev–Trinajstić information content (AvgIpc) is 2.75. The Labute approximate surface area is 172 Å². The number of carbonyl (C=O) groups is 3. The minimum absolute atomic E-state index is 0.00121. The molecule has 3 rings (SSSR count). The molecule has 2 aliphatic rings. The lowest BCUT2D eigenvalue weighted by Gasteiger charge is -2.33. The van der Waals surface area contributed by atoms with E-state index in [-0.39, 0.29) is 23.6 Å². The Balaban J connectivity index is 1.83. The largest absolute Gasteiger partial charge is 0.341 e. The van der Waals surface area contributed by atoms with Gasteiger partial charge in [-0.25, -0.2) is 0 Å². The number of likely N-dealkylation sites (tertiary alicyclic amines) is 1. The first-order valence-corrected chi connectivity index (χ1v) is 10.6. The van der Waals surface area contributed by atoms with Crippen LogP contribution in [0.3, 0.4) is 0 Å². The maximum absolute atomic E-state index is 13.2. The molecule has 2 aliphatic heterocycles. The van der Waals surface area contributed by atoms with Crippen LogP contribution in [0.15, 0.2) is 30.9 Å². The van der Waals surface area contributed by atoms with Crippen molar-refractivity contribution in [2.45, 2.75) is 52.0 Å². The number of rotatable bonds is 5. The van der Waals surface area contributed by atoms with Gasteiger partial charge < -0.3 is 15.1 Å². The number of hydrogen-bond acceptors (Lipinski definition) is 3. The van der Waals surface area contributed by atoms with Crippen molar-refractivity contribution in [3.63, 3.8) is 0 Å². The lowest BCUT2D eigenvalue weighted by Crippen LogP contribution is -2.52. The first kappa shape index (κ1) is 21.1. The van der Waals surface area contributed by atoms with Gasteiger partial charge in [-0.1, -0.05) is 26.5 Å². The number of hydrogen-bond donors (Lipinski definition) is 1. The van der Waals surface area contributed by atoms with Gasteiger partial charge in [0.05, 0.1) is 0 Å². The van der Waals surface area contributed by atoms with E-state index in [9.17, 15) is 14.4 Å². The molecule has 0 spiro atoms. The van der Waals surface area contributed by atoms with Crippen LogP contribution in [0.4, 0.5) is 5.69 Å². The Bertz CT molecular complexity index is 797. The Morgan fingerprint density at radius 3 is 2.45 bits per heavy atom. The number of benzene rings is 1. The first-order chi connectivity index (χ1) is 13.9. The zero-order valence-corrected chi connectivity index (χ0v) is 17.4. The summed E-state index contributed by atoms with van der Waals surface area (Å²) in [6.45, 7) is 9.63. The third-order valence-corrected chi connectivity index (χ3v) is 5.82. The molecule has 29 heavy (non-hydrogen) atoms. The fourth-order valence-electron chi connectivity index (χ4n) is 4.22. The van der Waals surface area contributed by atoms with Crippen molar-refractivity contribution in [1.29, 1.82) is 0 Å². The quantitative estimate of drug-likeness (QED) is 0.777. The van der Waals surface area contributed by atoms with E-state index in [1.165, 1.54) is 6.08 Å². The molecule has 2 heterocycles. The number of nitrogens with zero attached hydrogens (tertiary/aromatic N) is 2. The lowest BCUT2D eigenvalue weighted by molar-refractivity contribution is -0.135. The van der Waals surface area contributed by atoms with E-state index in [0.717, 1.165) is 56.4 Å². The second kappa shape index (κ2) is 9.25. The average molecular weight is 398 g/mol. The van der Waals surface area contributed by atoms with Crippen molar-refractivity contribution >= 4 is 23.4 Å². The molecule has 0 bridgehead atoms. The molecule has 0 aliphatic carbocycles. The van der Waals surface area contributed by atoms with Gasteiger partial charge in [0.1, 0.15) is 6.04 Å². The van der Waals surface area contributed by atoms with Gasteiger partial charge in [-0.05, 0) is 61.8 Å². The van der Waals surface area contributed by atoms with E-state index in [0.29, 0.717) is 12.1 Å². The third kappa shape index (κ3) is 4.52. The van der Waals surface area contributed by atoms with Gasteiger partial charge in [0, 0.05) is 30.9 Å². The number of anilines is 1. The smallest absolute Gasteiger partial charge is 0.252 e. The normalized spacial score (nSPS) is 17.5. The van der Waals surface area contributed by atoms with E-state index in [1.807, 2.05) is 24.8 Å². The molecule has 1 atom stereocenters. The first-order valence-electron chi connectivity index (χ1n) is 10.6.